The molecule has 1 aromatic carbocycles. The number of fused-ring (bicyclic) bond motifs is 3. The fourth-order valence-electron chi connectivity index (χ4n) is 10.3. The van der Waals surface area contributed by atoms with E-state index in [1.165, 1.54) is 7.11 Å². The molecule has 316 valence electrons. The van der Waals surface area contributed by atoms with E-state index in [9.17, 15) is 24.6 Å². The van der Waals surface area contributed by atoms with E-state index in [1.807, 2.05) is 26.0 Å². The van der Waals surface area contributed by atoms with Crippen LogP contribution in [0.4, 0.5) is 4.79 Å². The first kappa shape index (κ1) is 41.7. The fraction of sp³-hybridized carbons (Fsp3) is 0.532. The van der Waals surface area contributed by atoms with Gasteiger partial charge in [-0.15, -0.1) is 0 Å². The summed E-state index contributed by atoms with van der Waals surface area (Å²) in [5.41, 5.74) is -1.12. The summed E-state index contributed by atoms with van der Waals surface area (Å²) < 4.78 is 31.7. The van der Waals surface area contributed by atoms with E-state index < -0.39 is 71.7 Å². The van der Waals surface area contributed by atoms with Gasteiger partial charge in [0.1, 0.15) is 40.7 Å². The van der Waals surface area contributed by atoms with Crippen LogP contribution >= 0.6 is 0 Å². The first-order valence-corrected chi connectivity index (χ1v) is 21.0. The van der Waals surface area contributed by atoms with Crippen LogP contribution in [0.2, 0.25) is 0 Å². The van der Waals surface area contributed by atoms with Gasteiger partial charge in [-0.2, -0.15) is 0 Å². The van der Waals surface area contributed by atoms with Crippen LogP contribution in [0.15, 0.2) is 54.3 Å². The number of aliphatic hydroxyl groups is 1. The van der Waals surface area contributed by atoms with Crippen molar-refractivity contribution in [2.75, 3.05) is 13.7 Å². The number of phenols is 1. The Labute approximate surface area is 349 Å². The first-order valence-electron chi connectivity index (χ1n) is 21.0. The maximum absolute atomic E-state index is 14.7. The third-order valence-corrected chi connectivity index (χ3v) is 13.1. The molecular weight excluding hydrogens is 767 g/mol. The van der Waals surface area contributed by atoms with Crippen molar-refractivity contribution >= 4 is 39.5 Å². The summed E-state index contributed by atoms with van der Waals surface area (Å²) in [7, 11) is 1.21. The predicted molar refractivity (Wildman–Crippen MR) is 221 cm³/mol. The molecule has 13 heteroatoms. The number of rotatable bonds is 10. The number of aromatic hydroxyl groups is 1. The lowest BCUT2D eigenvalue weighted by molar-refractivity contribution is -0.312. The number of benzene rings is 1. The minimum Gasteiger partial charge on any atom is -0.508 e. The number of pyridine rings is 1. The molecule has 2 aromatic heterocycles. The van der Waals surface area contributed by atoms with Crippen molar-refractivity contribution in [1.29, 1.82) is 0 Å². The second-order valence-corrected chi connectivity index (χ2v) is 17.3. The molecule has 0 bridgehead atoms. The van der Waals surface area contributed by atoms with Gasteiger partial charge in [0.15, 0.2) is 24.1 Å². The summed E-state index contributed by atoms with van der Waals surface area (Å²) >= 11 is 0. The quantitative estimate of drug-likeness (QED) is 0.105. The first-order chi connectivity index (χ1) is 28.8. The van der Waals surface area contributed by atoms with E-state index in [0.717, 1.165) is 22.7 Å². The lowest BCUT2D eigenvalue weighted by Crippen LogP contribution is -2.71. The lowest BCUT2D eigenvalue weighted by atomic mass is 9.45. The molecule has 10 unspecified atom stereocenters. The van der Waals surface area contributed by atoms with E-state index in [1.54, 1.807) is 36.5 Å². The minimum absolute atomic E-state index is 0.112. The summed E-state index contributed by atoms with van der Waals surface area (Å²) in [6.07, 6.45) is 3.67. The number of ketones is 2. The number of aromatic nitrogens is 2. The van der Waals surface area contributed by atoms with Gasteiger partial charge in [0.25, 0.3) is 0 Å². The van der Waals surface area contributed by atoms with Crippen molar-refractivity contribution in [3.63, 3.8) is 0 Å². The van der Waals surface area contributed by atoms with Crippen molar-refractivity contribution < 1.29 is 48.3 Å². The predicted octanol–water partition coefficient (Wildman–Crippen LogP) is 6.13. The van der Waals surface area contributed by atoms with Gasteiger partial charge < -0.3 is 44.2 Å². The van der Waals surface area contributed by atoms with Crippen molar-refractivity contribution in [1.82, 2.24) is 15.3 Å². The van der Waals surface area contributed by atoms with Crippen LogP contribution in [0, 0.1) is 58.7 Å². The van der Waals surface area contributed by atoms with Crippen LogP contribution in [-0.4, -0.2) is 94.1 Å². The van der Waals surface area contributed by atoms with Crippen LogP contribution in [0.25, 0.3) is 21.8 Å². The molecule has 2 saturated carbocycles. The average Bonchev–Trinajstić information content (AvgIpc) is 3.68. The number of hydrogen-bond donors (Lipinski definition) is 4. The highest BCUT2D eigenvalue weighted by molar-refractivity contribution is 6.15. The number of hydrogen-bond acceptors (Lipinski definition) is 11. The molecule has 12 atom stereocenters. The van der Waals surface area contributed by atoms with E-state index >= 15 is 0 Å². The Hall–Kier alpha value is -5.02. The average molecular weight is 820 g/mol. The molecule has 60 heavy (non-hydrogen) atoms. The number of allylic oxidation sites excluding steroid dienone is 3. The Morgan fingerprint density at radius 1 is 1.13 bits per heavy atom. The molecule has 8 rings (SSSR count). The van der Waals surface area contributed by atoms with E-state index in [0.29, 0.717) is 48.3 Å². The van der Waals surface area contributed by atoms with Gasteiger partial charge >= 0.3 is 6.09 Å². The van der Waals surface area contributed by atoms with Crippen LogP contribution in [0.3, 0.4) is 0 Å². The van der Waals surface area contributed by atoms with Crippen LogP contribution in [0.1, 0.15) is 77.2 Å². The van der Waals surface area contributed by atoms with E-state index in [-0.39, 0.29) is 30.1 Å². The molecule has 13 nitrogen and oxygen atoms in total. The molecule has 4 heterocycles. The number of H-pyrrole nitrogens is 1. The zero-order valence-corrected chi connectivity index (χ0v) is 34.8. The summed E-state index contributed by atoms with van der Waals surface area (Å²) in [6.45, 7) is 10.9. The monoisotopic (exact) mass is 819 g/mol. The maximum atomic E-state index is 14.7. The molecule has 4 fully saturated rings. The summed E-state index contributed by atoms with van der Waals surface area (Å²) in [5.74, 6) is 11.6. The largest absolute Gasteiger partial charge is 0.508 e. The molecule has 1 amide bonds. The van der Waals surface area contributed by atoms with Crippen LogP contribution < -0.4 is 5.32 Å². The number of aromatic amines is 1. The number of phenolic OH excluding ortho intramolecular Hbond substituents is 1. The number of alkyl carbamates (subject to hydrolysis) is 1. The highest BCUT2D eigenvalue weighted by Gasteiger charge is 2.79. The highest BCUT2D eigenvalue weighted by Crippen LogP contribution is 2.67. The van der Waals surface area contributed by atoms with Gasteiger partial charge in [-0.05, 0) is 85.9 Å². The number of methoxy groups -OCH3 is 1. The zero-order valence-electron chi connectivity index (χ0n) is 34.8. The molecule has 0 radical (unpaired) electrons. The third-order valence-electron chi connectivity index (χ3n) is 13.1. The molecule has 5 aliphatic rings. The Kier molecular flexibility index (Phi) is 11.4. The third kappa shape index (κ3) is 7.10. The fourth-order valence-corrected chi connectivity index (χ4v) is 10.3. The molecular formula is C47H53N3O10. The second-order valence-electron chi connectivity index (χ2n) is 17.3. The Balaban J connectivity index is 1.14. The summed E-state index contributed by atoms with van der Waals surface area (Å²) in [4.78, 5) is 49.0. The van der Waals surface area contributed by atoms with Gasteiger partial charge in [0.2, 0.25) is 0 Å². The van der Waals surface area contributed by atoms with Gasteiger partial charge in [-0.1, -0.05) is 57.5 Å². The minimum atomic E-state index is -1.70. The lowest BCUT2D eigenvalue weighted by Gasteiger charge is -2.60. The van der Waals surface area contributed by atoms with Crippen molar-refractivity contribution in [3.05, 3.63) is 60.0 Å². The zero-order chi connectivity index (χ0) is 42.5. The molecule has 2 aliphatic heterocycles. The molecule has 4 N–H and O–H groups in total. The van der Waals surface area contributed by atoms with Crippen LogP contribution in [-0.2, 0) is 28.5 Å². The normalized spacial score (nSPS) is 35.8. The Morgan fingerprint density at radius 3 is 2.68 bits per heavy atom. The van der Waals surface area contributed by atoms with Gasteiger partial charge in [-0.25, -0.2) is 4.79 Å². The number of carbonyl (C=O) groups excluding carboxylic acids is 3. The molecule has 2 saturated heterocycles. The molecule has 1 spiro atoms. The maximum Gasteiger partial charge on any atom is 0.407 e. The van der Waals surface area contributed by atoms with Gasteiger partial charge in [-0.3, -0.25) is 14.6 Å². The van der Waals surface area contributed by atoms with Crippen molar-refractivity contribution in [2.45, 2.75) is 109 Å². The number of nitrogens with one attached hydrogen (secondary N) is 2. The number of Topliss-reactive ketones (excluding diaryl/α,β-unsaturated/α-hetero) is 2. The summed E-state index contributed by atoms with van der Waals surface area (Å²) in [5, 5.41) is 26.8. The molecule has 3 aliphatic carbocycles. The van der Waals surface area contributed by atoms with Crippen molar-refractivity contribution in [2.24, 2.45) is 35.0 Å². The Morgan fingerprint density at radius 2 is 1.93 bits per heavy atom. The summed E-state index contributed by atoms with van der Waals surface area (Å²) in [6, 6.07) is 5.59. The topological polar surface area (TPSA) is 179 Å². The smallest absolute Gasteiger partial charge is 0.407 e. The highest BCUT2D eigenvalue weighted by atomic mass is 16.7. The number of ether oxygens (including phenoxy) is 5. The van der Waals surface area contributed by atoms with Crippen LogP contribution in [0.5, 0.6) is 5.75 Å². The molecule has 3 aromatic rings. The van der Waals surface area contributed by atoms with E-state index in [4.69, 9.17) is 23.7 Å². The van der Waals surface area contributed by atoms with Gasteiger partial charge in [0.05, 0.1) is 31.3 Å². The van der Waals surface area contributed by atoms with E-state index in [2.05, 4.69) is 59.7 Å². The second kappa shape index (κ2) is 16.4. The SMILES string of the molecule is CC/C=C1\C2[C@@H](OC3OC(C)C(C(=O)c4nccc5c4[nH]c4ccc(O)cc45)CC3OC3CC(C)C(CC(C)C)CO3)C#C/C=C\C#CC23C(NC(=O)OC)C(=O)C[C@]13O. The van der Waals surface area contributed by atoms with Gasteiger partial charge in [0, 0.05) is 41.2 Å². The van der Waals surface area contributed by atoms with Crippen molar-refractivity contribution in [3.8, 4) is 29.4 Å². The number of nitrogens with zero attached hydrogens (tertiary/aromatic N) is 1. The number of carbonyl (C=O) groups is 3. The standard InChI is InChI=1S/C47H53N3O10/c1-7-12-33-39-36(13-10-8-9-11-17-46(39)43(50-45(54)56-6)35(52)23-47(33,46)55)60-44-37(59-38-20-26(4)28(24-57-38)19-25(2)3)22-31(27(5)58-44)42(53)41-40-30(16-18-48-41)32-21-29(51)14-15-34(32)49-40/h8-9,12,14-16,18,21,25-28,31,36-39,43-44,49,51,55H,7,19-20,22-24H2,1-6H3,(H,50,54)/b9-8-,33-12+/t26?,27?,28?,31?,36-,37?,38?,39?,43?,44?,46?,47-/m0/s1. The number of amides is 1. The Bertz CT molecular complexity index is 2380.